The molecule has 10 heteroatoms. The topological polar surface area (TPSA) is 105 Å². The summed E-state index contributed by atoms with van der Waals surface area (Å²) in [4.78, 5) is 15.9. The van der Waals surface area contributed by atoms with E-state index in [9.17, 15) is 8.42 Å². The number of sulfonamides is 1. The number of anilines is 1. The zero-order chi connectivity index (χ0) is 22.2. The van der Waals surface area contributed by atoms with Crippen LogP contribution in [0.5, 0.6) is 0 Å². The highest BCUT2D eigenvalue weighted by molar-refractivity contribution is 7.89. The SMILES string of the molecule is Cc1nc(-c2cccnc2)nc(N2CCCN(S(=O)(=O)c3c(C)noc3C)CC2)c1C. The Balaban J connectivity index is 1.62. The molecule has 0 aliphatic carbocycles. The van der Waals surface area contributed by atoms with Crippen LogP contribution in [0.25, 0.3) is 11.4 Å². The number of pyridine rings is 1. The van der Waals surface area contributed by atoms with Crippen molar-refractivity contribution in [3.8, 4) is 11.4 Å². The Morgan fingerprint density at radius 3 is 2.48 bits per heavy atom. The Labute approximate surface area is 182 Å². The van der Waals surface area contributed by atoms with Crippen molar-refractivity contribution in [1.29, 1.82) is 0 Å². The van der Waals surface area contributed by atoms with Crippen molar-refractivity contribution < 1.29 is 12.9 Å². The van der Waals surface area contributed by atoms with Crippen LogP contribution in [0.4, 0.5) is 5.82 Å². The summed E-state index contributed by atoms with van der Waals surface area (Å²) in [5.41, 5.74) is 3.13. The number of hydrogen-bond acceptors (Lipinski definition) is 8. The quantitative estimate of drug-likeness (QED) is 0.607. The number of aromatic nitrogens is 4. The fraction of sp³-hybridized carbons (Fsp3) is 0.429. The van der Waals surface area contributed by atoms with Gasteiger partial charge in [0.2, 0.25) is 10.0 Å². The maximum absolute atomic E-state index is 13.2. The van der Waals surface area contributed by atoms with Crippen molar-refractivity contribution in [1.82, 2.24) is 24.4 Å². The van der Waals surface area contributed by atoms with Crippen LogP contribution in [0.3, 0.4) is 0 Å². The van der Waals surface area contributed by atoms with Crippen LogP contribution in [0.15, 0.2) is 33.9 Å². The van der Waals surface area contributed by atoms with Crippen molar-refractivity contribution in [2.45, 2.75) is 39.0 Å². The first-order chi connectivity index (χ1) is 14.8. The van der Waals surface area contributed by atoms with Gasteiger partial charge < -0.3 is 9.42 Å². The van der Waals surface area contributed by atoms with Crippen molar-refractivity contribution in [2.75, 3.05) is 31.1 Å². The lowest BCUT2D eigenvalue weighted by Crippen LogP contribution is -2.36. The molecule has 0 amide bonds. The fourth-order valence-corrected chi connectivity index (χ4v) is 5.62. The maximum atomic E-state index is 13.2. The van der Waals surface area contributed by atoms with Gasteiger partial charge in [-0.3, -0.25) is 4.98 Å². The largest absolute Gasteiger partial charge is 0.360 e. The van der Waals surface area contributed by atoms with Gasteiger partial charge in [-0.15, -0.1) is 0 Å². The van der Waals surface area contributed by atoms with Gasteiger partial charge in [0.1, 0.15) is 16.4 Å². The van der Waals surface area contributed by atoms with Gasteiger partial charge in [0.25, 0.3) is 0 Å². The lowest BCUT2D eigenvalue weighted by molar-refractivity contribution is 0.389. The monoisotopic (exact) mass is 442 g/mol. The molecule has 3 aromatic heterocycles. The van der Waals surface area contributed by atoms with Crippen LogP contribution in [-0.2, 0) is 10.0 Å². The molecule has 0 atom stereocenters. The summed E-state index contributed by atoms with van der Waals surface area (Å²) < 4.78 is 33.1. The highest BCUT2D eigenvalue weighted by Gasteiger charge is 2.32. The lowest BCUT2D eigenvalue weighted by Gasteiger charge is -2.25. The first kappa shape index (κ1) is 21.4. The maximum Gasteiger partial charge on any atom is 0.248 e. The van der Waals surface area contributed by atoms with Gasteiger partial charge in [-0.25, -0.2) is 18.4 Å². The molecule has 3 aromatic rings. The van der Waals surface area contributed by atoms with E-state index in [0.29, 0.717) is 49.9 Å². The summed E-state index contributed by atoms with van der Waals surface area (Å²) in [5, 5.41) is 3.81. The Morgan fingerprint density at radius 1 is 1.00 bits per heavy atom. The van der Waals surface area contributed by atoms with Gasteiger partial charge in [0.15, 0.2) is 11.6 Å². The van der Waals surface area contributed by atoms with Gasteiger partial charge in [0, 0.05) is 55.4 Å². The van der Waals surface area contributed by atoms with Gasteiger partial charge in [-0.1, -0.05) is 5.16 Å². The standard InChI is InChI=1S/C21H26N6O3S/c1-14-15(2)23-20(18-7-5-8-22-13-18)24-21(14)26-9-6-10-27(12-11-26)31(28,29)19-16(3)25-30-17(19)4/h5,7-8,13H,6,9-12H2,1-4H3. The zero-order valence-electron chi connectivity index (χ0n) is 18.2. The first-order valence-electron chi connectivity index (χ1n) is 10.2. The zero-order valence-corrected chi connectivity index (χ0v) is 19.0. The fourth-order valence-electron chi connectivity index (χ4n) is 3.86. The van der Waals surface area contributed by atoms with Crippen molar-refractivity contribution in [2.24, 2.45) is 0 Å². The van der Waals surface area contributed by atoms with Crippen LogP contribution in [0.1, 0.15) is 29.1 Å². The molecule has 164 valence electrons. The smallest absolute Gasteiger partial charge is 0.248 e. The van der Waals surface area contributed by atoms with E-state index < -0.39 is 10.0 Å². The molecule has 0 unspecified atom stereocenters. The molecule has 9 nitrogen and oxygen atoms in total. The summed E-state index contributed by atoms with van der Waals surface area (Å²) in [6.07, 6.45) is 4.15. The Kier molecular flexibility index (Phi) is 5.76. The molecular formula is C21H26N6O3S. The molecule has 0 spiro atoms. The van der Waals surface area contributed by atoms with E-state index in [0.717, 1.165) is 22.6 Å². The second-order valence-corrected chi connectivity index (χ2v) is 9.60. The molecule has 0 bridgehead atoms. The van der Waals surface area contributed by atoms with E-state index in [1.807, 2.05) is 26.0 Å². The van der Waals surface area contributed by atoms with Crippen molar-refractivity contribution in [3.63, 3.8) is 0 Å². The van der Waals surface area contributed by atoms with Gasteiger partial charge >= 0.3 is 0 Å². The molecule has 31 heavy (non-hydrogen) atoms. The number of aryl methyl sites for hydroxylation is 3. The number of rotatable bonds is 4. The van der Waals surface area contributed by atoms with Gasteiger partial charge in [0.05, 0.1) is 0 Å². The molecule has 0 radical (unpaired) electrons. The summed E-state index contributed by atoms with van der Waals surface area (Å²) in [7, 11) is -3.67. The van der Waals surface area contributed by atoms with Crippen molar-refractivity contribution in [3.05, 3.63) is 47.2 Å². The number of hydrogen-bond donors (Lipinski definition) is 0. The molecule has 1 saturated heterocycles. The predicted octanol–water partition coefficient (Wildman–Crippen LogP) is 2.66. The van der Waals surface area contributed by atoms with Crippen LogP contribution < -0.4 is 4.90 Å². The normalized spacial score (nSPS) is 15.8. The average Bonchev–Trinajstić information content (AvgIpc) is 2.94. The van der Waals surface area contributed by atoms with Gasteiger partial charge in [-0.05, 0) is 46.2 Å². The second-order valence-electron chi connectivity index (χ2n) is 7.72. The highest BCUT2D eigenvalue weighted by Crippen LogP contribution is 2.27. The molecular weight excluding hydrogens is 416 g/mol. The van der Waals surface area contributed by atoms with E-state index >= 15 is 0 Å². The predicted molar refractivity (Wildman–Crippen MR) is 116 cm³/mol. The summed E-state index contributed by atoms with van der Waals surface area (Å²) >= 11 is 0. The van der Waals surface area contributed by atoms with E-state index in [-0.39, 0.29) is 4.90 Å². The average molecular weight is 443 g/mol. The summed E-state index contributed by atoms with van der Waals surface area (Å²) in [5.74, 6) is 1.78. The van der Waals surface area contributed by atoms with Crippen LogP contribution in [0, 0.1) is 27.7 Å². The minimum Gasteiger partial charge on any atom is -0.360 e. The van der Waals surface area contributed by atoms with Crippen LogP contribution in [-0.4, -0.2) is 59.0 Å². The molecule has 1 aliphatic heterocycles. The molecule has 0 N–H and O–H groups in total. The van der Waals surface area contributed by atoms with E-state index in [2.05, 4.69) is 20.0 Å². The van der Waals surface area contributed by atoms with Crippen LogP contribution in [0.2, 0.25) is 0 Å². The molecule has 0 saturated carbocycles. The third kappa shape index (κ3) is 4.05. The molecule has 0 aromatic carbocycles. The van der Waals surface area contributed by atoms with E-state index in [1.54, 1.807) is 26.2 Å². The number of nitrogens with zero attached hydrogens (tertiary/aromatic N) is 6. The summed E-state index contributed by atoms with van der Waals surface area (Å²) in [6, 6.07) is 3.79. The minimum atomic E-state index is -3.67. The Hall–Kier alpha value is -2.85. The van der Waals surface area contributed by atoms with Crippen molar-refractivity contribution >= 4 is 15.8 Å². The van der Waals surface area contributed by atoms with E-state index in [1.165, 1.54) is 4.31 Å². The molecule has 1 aliphatic rings. The molecule has 4 heterocycles. The van der Waals surface area contributed by atoms with Crippen LogP contribution >= 0.6 is 0 Å². The third-order valence-electron chi connectivity index (χ3n) is 5.60. The summed E-state index contributed by atoms with van der Waals surface area (Å²) in [6.45, 7) is 9.28. The second kappa shape index (κ2) is 8.35. The lowest BCUT2D eigenvalue weighted by atomic mass is 10.2. The Bertz CT molecular complexity index is 1170. The Morgan fingerprint density at radius 2 is 1.81 bits per heavy atom. The molecule has 4 rings (SSSR count). The molecule has 1 fully saturated rings. The minimum absolute atomic E-state index is 0.175. The third-order valence-corrected chi connectivity index (χ3v) is 7.75. The van der Waals surface area contributed by atoms with Gasteiger partial charge in [-0.2, -0.15) is 4.31 Å². The van der Waals surface area contributed by atoms with E-state index in [4.69, 9.17) is 9.51 Å². The highest BCUT2D eigenvalue weighted by atomic mass is 32.2. The first-order valence-corrected chi connectivity index (χ1v) is 11.7.